The van der Waals surface area contributed by atoms with Gasteiger partial charge in [-0.15, -0.1) is 11.8 Å². The summed E-state index contributed by atoms with van der Waals surface area (Å²) in [5.74, 6) is 1.24. The summed E-state index contributed by atoms with van der Waals surface area (Å²) in [7, 11) is 0. The van der Waals surface area contributed by atoms with E-state index in [1.165, 1.54) is 10.5 Å². The molecule has 1 heterocycles. The minimum atomic E-state index is 0.274. The van der Waals surface area contributed by atoms with Crippen molar-refractivity contribution in [3.05, 3.63) is 29.8 Å². The number of carbonyl (C=O) groups is 1. The van der Waals surface area contributed by atoms with Gasteiger partial charge in [-0.25, -0.2) is 0 Å². The molecule has 0 N–H and O–H groups in total. The van der Waals surface area contributed by atoms with Gasteiger partial charge in [-0.2, -0.15) is 0 Å². The highest BCUT2D eigenvalue weighted by atomic mass is 79.9. The Kier molecular flexibility index (Phi) is 4.51. The van der Waals surface area contributed by atoms with E-state index in [9.17, 15) is 4.79 Å². The molecule has 0 aliphatic carbocycles. The number of nitrogens with zero attached hydrogens (tertiary/aromatic N) is 1. The molecule has 92 valence electrons. The maximum atomic E-state index is 11.6. The van der Waals surface area contributed by atoms with Gasteiger partial charge in [0.05, 0.1) is 0 Å². The molecule has 4 heteroatoms. The number of rotatable bonds is 4. The number of benzene rings is 1. The fourth-order valence-corrected chi connectivity index (χ4v) is 3.35. The Labute approximate surface area is 115 Å². The third kappa shape index (κ3) is 3.75. The van der Waals surface area contributed by atoms with Gasteiger partial charge >= 0.3 is 0 Å². The van der Waals surface area contributed by atoms with Crippen molar-refractivity contribution < 1.29 is 4.79 Å². The van der Waals surface area contributed by atoms with Crippen LogP contribution < -0.4 is 0 Å². The molecule has 17 heavy (non-hydrogen) atoms. The maximum absolute atomic E-state index is 11.6. The first kappa shape index (κ1) is 13.0. The summed E-state index contributed by atoms with van der Waals surface area (Å²) in [5.41, 5.74) is 1.28. The summed E-state index contributed by atoms with van der Waals surface area (Å²) in [6, 6.07) is 8.52. The highest BCUT2D eigenvalue weighted by molar-refractivity contribution is 9.09. The number of alkyl halides is 1. The molecule has 2 nitrogen and oxygen atoms in total. The highest BCUT2D eigenvalue weighted by Gasteiger charge is 2.26. The van der Waals surface area contributed by atoms with Crippen LogP contribution in [0.5, 0.6) is 0 Å². The molecule has 1 aromatic rings. The number of amides is 1. The summed E-state index contributed by atoms with van der Waals surface area (Å²) >= 11 is 5.30. The van der Waals surface area contributed by atoms with Crippen LogP contribution in [0.4, 0.5) is 0 Å². The van der Waals surface area contributed by atoms with Crippen molar-refractivity contribution >= 4 is 33.6 Å². The van der Waals surface area contributed by atoms with Crippen molar-refractivity contribution in [1.82, 2.24) is 4.90 Å². The van der Waals surface area contributed by atoms with E-state index < -0.39 is 0 Å². The van der Waals surface area contributed by atoms with Gasteiger partial charge < -0.3 is 4.90 Å². The Morgan fingerprint density at radius 1 is 1.41 bits per heavy atom. The number of aryl methyl sites for hydroxylation is 1. The molecule has 0 saturated carbocycles. The molecular formula is C13H16BrNOS. The fourth-order valence-electron chi connectivity index (χ4n) is 1.85. The van der Waals surface area contributed by atoms with Gasteiger partial charge in [0.25, 0.3) is 0 Å². The molecule has 0 radical (unpaired) electrons. The Bertz CT molecular complexity index is 393. The van der Waals surface area contributed by atoms with Gasteiger partial charge in [0.15, 0.2) is 0 Å². The van der Waals surface area contributed by atoms with E-state index in [2.05, 4.69) is 47.1 Å². The minimum Gasteiger partial charge on any atom is -0.341 e. The molecule has 0 spiro atoms. The standard InChI is InChI=1S/C13H16BrNOS/c1-10-2-4-12(5-3-10)17-7-6-15-9-11(14)8-13(15)16/h2-5,11H,6-9H2,1H3. The zero-order valence-corrected chi connectivity index (χ0v) is 12.3. The lowest BCUT2D eigenvalue weighted by Crippen LogP contribution is -2.27. The second-order valence-electron chi connectivity index (χ2n) is 4.30. The Morgan fingerprint density at radius 3 is 2.71 bits per heavy atom. The number of likely N-dealkylation sites (tertiary alicyclic amines) is 1. The second kappa shape index (κ2) is 5.91. The number of thioether (sulfide) groups is 1. The number of hydrogen-bond acceptors (Lipinski definition) is 2. The third-order valence-electron chi connectivity index (χ3n) is 2.82. The zero-order valence-electron chi connectivity index (χ0n) is 9.86. The normalized spacial score (nSPS) is 20.0. The SMILES string of the molecule is Cc1ccc(SCCN2CC(Br)CC2=O)cc1. The number of halogens is 1. The van der Waals surface area contributed by atoms with Crippen molar-refractivity contribution in [2.45, 2.75) is 23.1 Å². The summed E-state index contributed by atoms with van der Waals surface area (Å²) < 4.78 is 0. The molecule has 1 amide bonds. The zero-order chi connectivity index (χ0) is 12.3. The van der Waals surface area contributed by atoms with Crippen molar-refractivity contribution in [3.63, 3.8) is 0 Å². The van der Waals surface area contributed by atoms with Crippen LogP contribution in [0.3, 0.4) is 0 Å². The summed E-state index contributed by atoms with van der Waals surface area (Å²) in [5, 5.41) is 0. The van der Waals surface area contributed by atoms with E-state index >= 15 is 0 Å². The lowest BCUT2D eigenvalue weighted by atomic mass is 10.2. The second-order valence-corrected chi connectivity index (χ2v) is 6.77. The van der Waals surface area contributed by atoms with E-state index in [0.29, 0.717) is 11.2 Å². The van der Waals surface area contributed by atoms with Crippen LogP contribution in [0.25, 0.3) is 0 Å². The van der Waals surface area contributed by atoms with Gasteiger partial charge in [0, 0.05) is 35.0 Å². The molecule has 0 aromatic heterocycles. The lowest BCUT2D eigenvalue weighted by molar-refractivity contribution is -0.127. The van der Waals surface area contributed by atoms with Crippen molar-refractivity contribution in [2.24, 2.45) is 0 Å². The van der Waals surface area contributed by atoms with Gasteiger partial charge in [-0.3, -0.25) is 4.79 Å². The van der Waals surface area contributed by atoms with Crippen molar-refractivity contribution in [1.29, 1.82) is 0 Å². The van der Waals surface area contributed by atoms with Crippen LogP contribution in [0, 0.1) is 6.92 Å². The predicted molar refractivity (Wildman–Crippen MR) is 75.8 cm³/mol. The number of carbonyl (C=O) groups excluding carboxylic acids is 1. The van der Waals surface area contributed by atoms with E-state index in [1.54, 1.807) is 0 Å². The van der Waals surface area contributed by atoms with E-state index in [-0.39, 0.29) is 5.91 Å². The molecule has 1 aliphatic rings. The first-order chi connectivity index (χ1) is 8.15. The van der Waals surface area contributed by atoms with Crippen LogP contribution in [-0.4, -0.2) is 34.5 Å². The predicted octanol–water partition coefficient (Wildman–Crippen LogP) is 3.08. The molecule has 1 fully saturated rings. The van der Waals surface area contributed by atoms with Gasteiger partial charge in [-0.05, 0) is 19.1 Å². The van der Waals surface area contributed by atoms with Crippen LogP contribution in [0.15, 0.2) is 29.2 Å². The Morgan fingerprint density at radius 2 is 2.12 bits per heavy atom. The molecular weight excluding hydrogens is 298 g/mol. The molecule has 1 unspecified atom stereocenters. The molecule has 1 aliphatic heterocycles. The van der Waals surface area contributed by atoms with E-state index in [1.807, 2.05) is 16.7 Å². The first-order valence-electron chi connectivity index (χ1n) is 5.76. The summed E-state index contributed by atoms with van der Waals surface area (Å²) in [6.07, 6.45) is 0.648. The number of hydrogen-bond donors (Lipinski definition) is 0. The Hall–Kier alpha value is -0.480. The molecule has 1 saturated heterocycles. The van der Waals surface area contributed by atoms with Gasteiger partial charge in [-0.1, -0.05) is 33.6 Å². The molecule has 2 rings (SSSR count). The van der Waals surface area contributed by atoms with E-state index in [4.69, 9.17) is 0 Å². The molecule has 1 atom stereocenters. The first-order valence-corrected chi connectivity index (χ1v) is 7.66. The topological polar surface area (TPSA) is 20.3 Å². The van der Waals surface area contributed by atoms with E-state index in [0.717, 1.165) is 18.8 Å². The smallest absolute Gasteiger partial charge is 0.223 e. The Balaban J connectivity index is 1.76. The van der Waals surface area contributed by atoms with Crippen LogP contribution in [-0.2, 0) is 4.79 Å². The fraction of sp³-hybridized carbons (Fsp3) is 0.462. The largest absolute Gasteiger partial charge is 0.341 e. The van der Waals surface area contributed by atoms with Crippen LogP contribution in [0.2, 0.25) is 0 Å². The van der Waals surface area contributed by atoms with Crippen LogP contribution in [0.1, 0.15) is 12.0 Å². The highest BCUT2D eigenvalue weighted by Crippen LogP contribution is 2.21. The molecule has 1 aromatic carbocycles. The average molecular weight is 314 g/mol. The minimum absolute atomic E-state index is 0.274. The average Bonchev–Trinajstić information content (AvgIpc) is 2.60. The van der Waals surface area contributed by atoms with Gasteiger partial charge in [0.2, 0.25) is 5.91 Å². The monoisotopic (exact) mass is 313 g/mol. The van der Waals surface area contributed by atoms with Crippen molar-refractivity contribution in [3.8, 4) is 0 Å². The quantitative estimate of drug-likeness (QED) is 0.629. The van der Waals surface area contributed by atoms with Crippen molar-refractivity contribution in [2.75, 3.05) is 18.8 Å². The van der Waals surface area contributed by atoms with Gasteiger partial charge in [0.1, 0.15) is 0 Å². The summed E-state index contributed by atoms with van der Waals surface area (Å²) in [6.45, 7) is 3.79. The maximum Gasteiger partial charge on any atom is 0.223 e. The van der Waals surface area contributed by atoms with Crippen LogP contribution >= 0.6 is 27.7 Å². The lowest BCUT2D eigenvalue weighted by Gasteiger charge is -2.15. The third-order valence-corrected chi connectivity index (χ3v) is 4.42. The molecule has 0 bridgehead atoms. The summed E-state index contributed by atoms with van der Waals surface area (Å²) in [4.78, 5) is 15.1.